The van der Waals surface area contributed by atoms with Crippen LogP contribution in [0.15, 0.2) is 39.2 Å². The van der Waals surface area contributed by atoms with E-state index in [9.17, 15) is 4.79 Å². The highest BCUT2D eigenvalue weighted by molar-refractivity contribution is 9.10. The Bertz CT molecular complexity index is 646. The Hall–Kier alpha value is -1.55. The number of halogens is 1. The standard InChI is InChI=1S/C17H20BrNO2/c1-11(2)19(10-15-7-5-13(4)21-15)17(20)14-6-8-16(18)12(3)9-14/h5-9,11H,10H2,1-4H3. The third-order valence-electron chi connectivity index (χ3n) is 3.41. The lowest BCUT2D eigenvalue weighted by atomic mass is 10.1. The molecule has 0 fully saturated rings. The lowest BCUT2D eigenvalue weighted by Crippen LogP contribution is -2.36. The van der Waals surface area contributed by atoms with E-state index in [1.807, 2.05) is 62.9 Å². The molecule has 21 heavy (non-hydrogen) atoms. The molecular weight excluding hydrogens is 330 g/mol. The number of furan rings is 1. The number of hydrogen-bond acceptors (Lipinski definition) is 2. The van der Waals surface area contributed by atoms with E-state index in [1.54, 1.807) is 0 Å². The maximum Gasteiger partial charge on any atom is 0.254 e. The Kier molecular flexibility index (Phi) is 4.88. The van der Waals surface area contributed by atoms with E-state index in [0.717, 1.165) is 21.6 Å². The predicted octanol–water partition coefficient (Wildman–Crippen LogP) is 4.71. The molecule has 0 radical (unpaired) electrons. The van der Waals surface area contributed by atoms with E-state index in [1.165, 1.54) is 0 Å². The Morgan fingerprint density at radius 3 is 2.48 bits per heavy atom. The van der Waals surface area contributed by atoms with Crippen LogP contribution in [0.3, 0.4) is 0 Å². The molecule has 0 saturated heterocycles. The monoisotopic (exact) mass is 349 g/mol. The van der Waals surface area contributed by atoms with E-state index in [-0.39, 0.29) is 11.9 Å². The number of aryl methyl sites for hydroxylation is 2. The summed E-state index contributed by atoms with van der Waals surface area (Å²) >= 11 is 3.46. The number of rotatable bonds is 4. The number of benzene rings is 1. The maximum absolute atomic E-state index is 12.7. The number of carbonyl (C=O) groups excluding carboxylic acids is 1. The summed E-state index contributed by atoms with van der Waals surface area (Å²) in [5.41, 5.74) is 1.76. The van der Waals surface area contributed by atoms with Crippen LogP contribution in [0.2, 0.25) is 0 Å². The molecule has 1 aromatic heterocycles. The highest BCUT2D eigenvalue weighted by atomic mass is 79.9. The highest BCUT2D eigenvalue weighted by Crippen LogP contribution is 2.20. The molecule has 0 spiro atoms. The summed E-state index contributed by atoms with van der Waals surface area (Å²) in [6, 6.07) is 9.62. The summed E-state index contributed by atoms with van der Waals surface area (Å²) in [5, 5.41) is 0. The van der Waals surface area contributed by atoms with Crippen LogP contribution >= 0.6 is 15.9 Å². The fraction of sp³-hybridized carbons (Fsp3) is 0.353. The molecule has 0 aliphatic carbocycles. The summed E-state index contributed by atoms with van der Waals surface area (Å²) in [4.78, 5) is 14.6. The SMILES string of the molecule is Cc1ccc(CN(C(=O)c2ccc(Br)c(C)c2)C(C)C)o1. The zero-order valence-corrected chi connectivity index (χ0v) is 14.4. The molecule has 0 saturated carbocycles. The predicted molar refractivity (Wildman–Crippen MR) is 87.3 cm³/mol. The van der Waals surface area contributed by atoms with Gasteiger partial charge in [-0.05, 0) is 63.6 Å². The van der Waals surface area contributed by atoms with Crippen LogP contribution in [0, 0.1) is 13.8 Å². The van der Waals surface area contributed by atoms with Crippen molar-refractivity contribution in [2.75, 3.05) is 0 Å². The third kappa shape index (κ3) is 3.76. The van der Waals surface area contributed by atoms with Crippen molar-refractivity contribution in [1.29, 1.82) is 0 Å². The van der Waals surface area contributed by atoms with Crippen LogP contribution < -0.4 is 0 Å². The van der Waals surface area contributed by atoms with Crippen molar-refractivity contribution in [3.63, 3.8) is 0 Å². The van der Waals surface area contributed by atoms with Gasteiger partial charge in [-0.2, -0.15) is 0 Å². The van der Waals surface area contributed by atoms with Gasteiger partial charge in [0, 0.05) is 16.1 Å². The van der Waals surface area contributed by atoms with E-state index in [2.05, 4.69) is 15.9 Å². The van der Waals surface area contributed by atoms with Crippen LogP contribution in [0.1, 0.15) is 41.3 Å². The Labute approximate surface area is 134 Å². The van der Waals surface area contributed by atoms with Gasteiger partial charge in [-0.25, -0.2) is 0 Å². The second kappa shape index (κ2) is 6.48. The number of amides is 1. The first-order chi connectivity index (χ1) is 9.88. The van der Waals surface area contributed by atoms with Crippen LogP contribution in [-0.4, -0.2) is 16.8 Å². The van der Waals surface area contributed by atoms with Gasteiger partial charge in [-0.3, -0.25) is 4.79 Å². The lowest BCUT2D eigenvalue weighted by molar-refractivity contribution is 0.0675. The molecule has 0 N–H and O–H groups in total. The molecule has 0 aliphatic heterocycles. The molecule has 0 aliphatic rings. The average molecular weight is 350 g/mol. The molecule has 112 valence electrons. The number of carbonyl (C=O) groups is 1. The second-order valence-corrected chi connectivity index (χ2v) is 6.36. The smallest absolute Gasteiger partial charge is 0.254 e. The van der Waals surface area contributed by atoms with Crippen LogP contribution in [0.25, 0.3) is 0 Å². The zero-order chi connectivity index (χ0) is 15.6. The number of nitrogens with zero attached hydrogens (tertiary/aromatic N) is 1. The van der Waals surface area contributed by atoms with Gasteiger partial charge >= 0.3 is 0 Å². The summed E-state index contributed by atoms with van der Waals surface area (Å²) in [7, 11) is 0. The summed E-state index contributed by atoms with van der Waals surface area (Å²) in [6.45, 7) is 8.40. The molecule has 0 unspecified atom stereocenters. The quantitative estimate of drug-likeness (QED) is 0.800. The normalized spacial score (nSPS) is 11.0. The average Bonchev–Trinajstić information content (AvgIpc) is 2.83. The van der Waals surface area contributed by atoms with E-state index < -0.39 is 0 Å². The fourth-order valence-electron chi connectivity index (χ4n) is 2.17. The van der Waals surface area contributed by atoms with Gasteiger partial charge in [0.1, 0.15) is 11.5 Å². The van der Waals surface area contributed by atoms with Crippen LogP contribution in [0.5, 0.6) is 0 Å². The van der Waals surface area contributed by atoms with Gasteiger partial charge in [0.25, 0.3) is 5.91 Å². The van der Waals surface area contributed by atoms with Crippen molar-refractivity contribution >= 4 is 21.8 Å². The topological polar surface area (TPSA) is 33.5 Å². The van der Waals surface area contributed by atoms with E-state index in [4.69, 9.17) is 4.42 Å². The molecular formula is C17H20BrNO2. The largest absolute Gasteiger partial charge is 0.464 e. The van der Waals surface area contributed by atoms with Crippen molar-refractivity contribution < 1.29 is 9.21 Å². The maximum atomic E-state index is 12.7. The Morgan fingerprint density at radius 2 is 1.95 bits per heavy atom. The van der Waals surface area contributed by atoms with Crippen molar-refractivity contribution in [1.82, 2.24) is 4.90 Å². The second-order valence-electron chi connectivity index (χ2n) is 5.50. The minimum absolute atomic E-state index is 0.0228. The molecule has 3 nitrogen and oxygen atoms in total. The van der Waals surface area contributed by atoms with Crippen molar-refractivity contribution in [3.8, 4) is 0 Å². The van der Waals surface area contributed by atoms with Crippen molar-refractivity contribution in [3.05, 3.63) is 57.5 Å². The Balaban J connectivity index is 2.24. The fourth-order valence-corrected chi connectivity index (χ4v) is 2.42. The van der Waals surface area contributed by atoms with Crippen molar-refractivity contribution in [2.45, 2.75) is 40.3 Å². The van der Waals surface area contributed by atoms with E-state index in [0.29, 0.717) is 12.1 Å². The van der Waals surface area contributed by atoms with Crippen LogP contribution in [0.4, 0.5) is 0 Å². The van der Waals surface area contributed by atoms with Gasteiger partial charge in [-0.15, -0.1) is 0 Å². The summed E-state index contributed by atoms with van der Waals surface area (Å²) in [6.07, 6.45) is 0. The molecule has 2 aromatic rings. The molecule has 0 atom stereocenters. The minimum atomic E-state index is 0.0228. The zero-order valence-electron chi connectivity index (χ0n) is 12.8. The first-order valence-electron chi connectivity index (χ1n) is 7.01. The molecule has 1 aromatic carbocycles. The molecule has 1 amide bonds. The molecule has 0 bridgehead atoms. The first kappa shape index (κ1) is 15.8. The molecule has 1 heterocycles. The van der Waals surface area contributed by atoms with Crippen LogP contribution in [-0.2, 0) is 6.54 Å². The minimum Gasteiger partial charge on any atom is -0.464 e. The highest BCUT2D eigenvalue weighted by Gasteiger charge is 2.20. The third-order valence-corrected chi connectivity index (χ3v) is 4.30. The first-order valence-corrected chi connectivity index (χ1v) is 7.80. The van der Waals surface area contributed by atoms with E-state index >= 15 is 0 Å². The summed E-state index contributed by atoms with van der Waals surface area (Å²) < 4.78 is 6.60. The van der Waals surface area contributed by atoms with Gasteiger partial charge in [-0.1, -0.05) is 15.9 Å². The lowest BCUT2D eigenvalue weighted by Gasteiger charge is -2.26. The van der Waals surface area contributed by atoms with Gasteiger partial charge in [0.2, 0.25) is 0 Å². The van der Waals surface area contributed by atoms with Crippen molar-refractivity contribution in [2.24, 2.45) is 0 Å². The Morgan fingerprint density at radius 1 is 1.24 bits per heavy atom. The van der Waals surface area contributed by atoms with Gasteiger partial charge in [0.05, 0.1) is 6.54 Å². The van der Waals surface area contributed by atoms with Gasteiger partial charge < -0.3 is 9.32 Å². The number of hydrogen-bond donors (Lipinski definition) is 0. The van der Waals surface area contributed by atoms with Gasteiger partial charge in [0.15, 0.2) is 0 Å². The summed E-state index contributed by atoms with van der Waals surface area (Å²) in [5.74, 6) is 1.69. The molecule has 4 heteroatoms. The molecule has 2 rings (SSSR count).